The molecule has 0 radical (unpaired) electrons. The lowest BCUT2D eigenvalue weighted by Crippen LogP contribution is -2.72. The maximum Gasteiger partial charge on any atom is 0.236 e. The Balaban J connectivity index is 1.60. The van der Waals surface area contributed by atoms with Crippen LogP contribution in [-0.2, 0) is 4.79 Å². The molecule has 0 saturated carbocycles. The van der Waals surface area contributed by atoms with E-state index < -0.39 is 17.7 Å². The van der Waals surface area contributed by atoms with E-state index in [2.05, 4.69) is 10.6 Å². The van der Waals surface area contributed by atoms with Crippen LogP contribution >= 0.6 is 12.2 Å². The van der Waals surface area contributed by atoms with Gasteiger partial charge in [-0.15, -0.1) is 0 Å². The van der Waals surface area contributed by atoms with Crippen LogP contribution in [0, 0.1) is 11.7 Å². The molecule has 0 aliphatic carbocycles. The molecule has 2 heterocycles. The van der Waals surface area contributed by atoms with Gasteiger partial charge in [0.25, 0.3) is 0 Å². The predicted molar refractivity (Wildman–Crippen MR) is 134 cm³/mol. The van der Waals surface area contributed by atoms with E-state index >= 15 is 0 Å². The molecular weight excluding hydrogens is 469 g/mol. The van der Waals surface area contributed by atoms with E-state index in [9.17, 15) is 9.18 Å². The fraction of sp³-hybridized carbons (Fsp3) is 0.231. The van der Waals surface area contributed by atoms with Crippen molar-refractivity contribution in [2.45, 2.75) is 18.7 Å². The lowest BCUT2D eigenvalue weighted by atomic mass is 9.78. The summed E-state index contributed by atoms with van der Waals surface area (Å²) in [7, 11) is 3.16. The Kier molecular flexibility index (Phi) is 5.72. The smallest absolute Gasteiger partial charge is 0.236 e. The fourth-order valence-corrected chi connectivity index (χ4v) is 5.18. The Bertz CT molecular complexity index is 1280. The van der Waals surface area contributed by atoms with E-state index in [0.29, 0.717) is 33.7 Å². The van der Waals surface area contributed by atoms with Crippen LogP contribution in [0.5, 0.6) is 17.2 Å². The van der Waals surface area contributed by atoms with E-state index in [0.717, 1.165) is 5.56 Å². The second kappa shape index (κ2) is 8.74. The molecule has 2 aliphatic rings. The van der Waals surface area contributed by atoms with Gasteiger partial charge < -0.3 is 24.8 Å². The Labute approximate surface area is 207 Å². The van der Waals surface area contributed by atoms with Crippen molar-refractivity contribution in [1.29, 1.82) is 0 Å². The summed E-state index contributed by atoms with van der Waals surface area (Å²) < 4.78 is 30.8. The molecule has 3 aromatic rings. The lowest BCUT2D eigenvalue weighted by Gasteiger charge is -2.56. The van der Waals surface area contributed by atoms with Crippen LogP contribution in [0.3, 0.4) is 0 Å². The molecule has 0 aromatic heterocycles. The van der Waals surface area contributed by atoms with Crippen molar-refractivity contribution in [3.63, 3.8) is 0 Å². The number of benzene rings is 3. The van der Waals surface area contributed by atoms with Crippen LogP contribution < -0.4 is 29.7 Å². The van der Waals surface area contributed by atoms with Crippen molar-refractivity contribution in [3.05, 3.63) is 78.1 Å². The minimum atomic E-state index is -1.21. The van der Waals surface area contributed by atoms with Crippen LogP contribution in [0.15, 0.2) is 66.7 Å². The molecule has 1 amide bonds. The quantitative estimate of drug-likeness (QED) is 0.502. The van der Waals surface area contributed by atoms with Crippen LogP contribution in [0.4, 0.5) is 15.8 Å². The van der Waals surface area contributed by atoms with E-state index in [1.165, 1.54) is 12.1 Å². The van der Waals surface area contributed by atoms with Crippen molar-refractivity contribution < 1.29 is 23.4 Å². The third kappa shape index (κ3) is 3.91. The summed E-state index contributed by atoms with van der Waals surface area (Å²) in [4.78, 5) is 15.5. The largest absolute Gasteiger partial charge is 0.497 e. The van der Waals surface area contributed by atoms with Gasteiger partial charge in [0.1, 0.15) is 29.0 Å². The van der Waals surface area contributed by atoms with Crippen molar-refractivity contribution >= 4 is 34.6 Å². The monoisotopic (exact) mass is 493 g/mol. The van der Waals surface area contributed by atoms with E-state index in [4.69, 9.17) is 26.4 Å². The number of carbonyl (C=O) groups is 1. The van der Waals surface area contributed by atoms with Crippen LogP contribution in [-0.4, -0.2) is 31.0 Å². The molecule has 5 rings (SSSR count). The number of ether oxygens (including phenoxy) is 3. The molecule has 2 bridgehead atoms. The summed E-state index contributed by atoms with van der Waals surface area (Å²) >= 11 is 5.72. The summed E-state index contributed by atoms with van der Waals surface area (Å²) in [6, 6.07) is 18.0. The second-order valence-electron chi connectivity index (χ2n) is 8.49. The predicted octanol–water partition coefficient (Wildman–Crippen LogP) is 4.64. The van der Waals surface area contributed by atoms with Gasteiger partial charge in [0.15, 0.2) is 10.8 Å². The van der Waals surface area contributed by atoms with Gasteiger partial charge in [-0.05, 0) is 85.9 Å². The zero-order valence-electron chi connectivity index (χ0n) is 19.4. The lowest BCUT2D eigenvalue weighted by molar-refractivity contribution is -0.130. The van der Waals surface area contributed by atoms with E-state index in [1.807, 2.05) is 19.1 Å². The van der Waals surface area contributed by atoms with Gasteiger partial charge >= 0.3 is 0 Å². The zero-order valence-corrected chi connectivity index (χ0v) is 20.2. The number of amides is 1. The summed E-state index contributed by atoms with van der Waals surface area (Å²) in [6.45, 7) is 1.82. The Hall–Kier alpha value is -3.85. The highest BCUT2D eigenvalue weighted by Crippen LogP contribution is 2.50. The van der Waals surface area contributed by atoms with Crippen molar-refractivity contribution in [1.82, 2.24) is 5.32 Å². The summed E-state index contributed by atoms with van der Waals surface area (Å²) in [5.41, 5.74) is 0.773. The normalized spacial score (nSPS) is 22.4. The maximum absolute atomic E-state index is 13.8. The Morgan fingerprint density at radius 1 is 1.06 bits per heavy atom. The number of rotatable bonds is 5. The number of hydrogen-bond acceptors (Lipinski definition) is 5. The number of methoxy groups -OCH3 is 2. The fourth-order valence-electron chi connectivity index (χ4n) is 4.76. The third-order valence-electron chi connectivity index (χ3n) is 6.43. The maximum atomic E-state index is 13.8. The van der Waals surface area contributed by atoms with Gasteiger partial charge in [-0.25, -0.2) is 4.39 Å². The standard InChI is InChI=1S/C26H24FN3O4S/c1-26-22(24(31)28-16-6-10-18(32-2)11-7-16)23(20-14-19(33-3)12-13-21(20)34-26)29-25(35)30(26)17-8-4-15(27)5-9-17/h4-14,22-23H,1-3H3,(H,28,31)(H,29,35)/t22-,23+,26+/m1/s1. The summed E-state index contributed by atoms with van der Waals surface area (Å²) in [5, 5.41) is 6.69. The Morgan fingerprint density at radius 2 is 1.71 bits per heavy atom. The molecule has 9 heteroatoms. The minimum absolute atomic E-state index is 0.266. The van der Waals surface area contributed by atoms with Crippen LogP contribution in [0.2, 0.25) is 0 Å². The first-order chi connectivity index (χ1) is 16.8. The van der Waals surface area contributed by atoms with Crippen LogP contribution in [0.1, 0.15) is 18.5 Å². The van der Waals surface area contributed by atoms with Gasteiger partial charge in [0.05, 0.1) is 20.3 Å². The topological polar surface area (TPSA) is 72.1 Å². The summed E-state index contributed by atoms with van der Waals surface area (Å²) in [6.07, 6.45) is 0. The van der Waals surface area contributed by atoms with Gasteiger partial charge in [-0.1, -0.05) is 0 Å². The number of halogens is 1. The van der Waals surface area contributed by atoms with E-state index in [1.54, 1.807) is 61.6 Å². The van der Waals surface area contributed by atoms with E-state index in [-0.39, 0.29) is 11.7 Å². The first-order valence-corrected chi connectivity index (χ1v) is 11.4. The highest BCUT2D eigenvalue weighted by molar-refractivity contribution is 7.80. The minimum Gasteiger partial charge on any atom is -0.497 e. The molecule has 2 aliphatic heterocycles. The average molecular weight is 494 g/mol. The molecule has 0 unspecified atom stereocenters. The summed E-state index contributed by atoms with van der Waals surface area (Å²) in [5.74, 6) is 0.555. The number of anilines is 2. The molecule has 7 nitrogen and oxygen atoms in total. The molecule has 1 fully saturated rings. The van der Waals surface area contributed by atoms with Crippen molar-refractivity contribution in [2.75, 3.05) is 24.4 Å². The van der Waals surface area contributed by atoms with Gasteiger partial charge in [-0.2, -0.15) is 0 Å². The Morgan fingerprint density at radius 3 is 2.37 bits per heavy atom. The highest BCUT2D eigenvalue weighted by atomic mass is 32.1. The highest BCUT2D eigenvalue weighted by Gasteiger charge is 2.59. The molecule has 1 saturated heterocycles. The van der Waals surface area contributed by atoms with Gasteiger partial charge in [-0.3, -0.25) is 9.69 Å². The number of nitrogens with zero attached hydrogens (tertiary/aromatic N) is 1. The van der Waals surface area contributed by atoms with Gasteiger partial charge in [0, 0.05) is 16.9 Å². The first-order valence-electron chi connectivity index (χ1n) is 11.0. The molecule has 3 aromatic carbocycles. The van der Waals surface area contributed by atoms with Crippen molar-refractivity contribution in [3.8, 4) is 17.2 Å². The molecule has 2 N–H and O–H groups in total. The number of nitrogens with one attached hydrogen (secondary N) is 2. The molecular formula is C26H24FN3O4S. The number of thiocarbonyl (C=S) groups is 1. The van der Waals surface area contributed by atoms with Crippen LogP contribution in [0.25, 0.3) is 0 Å². The zero-order chi connectivity index (χ0) is 24.7. The number of hydrogen-bond donors (Lipinski definition) is 2. The van der Waals surface area contributed by atoms with Crippen molar-refractivity contribution in [2.24, 2.45) is 5.92 Å². The molecule has 3 atom stereocenters. The molecule has 35 heavy (non-hydrogen) atoms. The van der Waals surface area contributed by atoms with Gasteiger partial charge in [0.2, 0.25) is 5.91 Å². The number of carbonyl (C=O) groups excluding carboxylic acids is 1. The second-order valence-corrected chi connectivity index (χ2v) is 8.88. The SMILES string of the molecule is COc1ccc(NC(=O)[C@H]2[C@H]3NC(=S)N(c4ccc(F)cc4)[C@@]2(C)Oc2ccc(OC)cc23)cc1. The average Bonchev–Trinajstić information content (AvgIpc) is 2.85. The third-order valence-corrected chi connectivity index (χ3v) is 6.73. The first kappa shape index (κ1) is 22.9. The number of fused-ring (bicyclic) bond motifs is 4. The molecule has 0 spiro atoms. The molecule has 180 valence electrons.